The van der Waals surface area contributed by atoms with E-state index in [-0.39, 0.29) is 44.4 Å². The van der Waals surface area contributed by atoms with Crippen LogP contribution in [0.1, 0.15) is 15.9 Å². The fourth-order valence-electron chi connectivity index (χ4n) is 1.77. The molecular weight excluding hydrogens is 291 g/mol. The largest absolute Gasteiger partial charge is 0.516 e. The summed E-state index contributed by atoms with van der Waals surface area (Å²) in [5.41, 5.74) is 1.22. The molecule has 0 saturated carbocycles. The van der Waals surface area contributed by atoms with Gasteiger partial charge in [-0.3, -0.25) is 4.79 Å². The molecule has 0 heterocycles. The van der Waals surface area contributed by atoms with Gasteiger partial charge in [-0.15, -0.1) is 35.2 Å². The molecule has 1 amide bonds. The number of benzene rings is 2. The number of phenolic OH excluding ortho intramolecular Hbond substituents is 1. The third-order valence-corrected chi connectivity index (χ3v) is 2.59. The van der Waals surface area contributed by atoms with Crippen molar-refractivity contribution in [2.75, 3.05) is 7.05 Å². The van der Waals surface area contributed by atoms with Gasteiger partial charge in [0.25, 0.3) is 5.91 Å². The van der Waals surface area contributed by atoms with Crippen molar-refractivity contribution in [1.82, 2.24) is 5.32 Å². The van der Waals surface area contributed by atoms with Crippen LogP contribution in [-0.2, 0) is 32.7 Å². The Labute approximate surface area is 125 Å². The number of aromatic hydroxyl groups is 1. The third-order valence-electron chi connectivity index (χ3n) is 2.59. The maximum absolute atomic E-state index is 11.5. The van der Waals surface area contributed by atoms with Gasteiger partial charge in [-0.2, -0.15) is 0 Å². The van der Waals surface area contributed by atoms with E-state index < -0.39 is 0 Å². The molecule has 0 unspecified atom stereocenters. The molecule has 85 valence electrons. The number of amides is 1. The Bertz CT molecular complexity index is 567. The number of carbonyl (C=O) groups excluding carboxylic acids is 1. The number of fused-ring (bicyclic) bond motifs is 1. The second-order valence-electron chi connectivity index (χ2n) is 3.63. The Morgan fingerprint density at radius 3 is 2.82 bits per heavy atom. The number of phenols is 1. The summed E-state index contributed by atoms with van der Waals surface area (Å²) in [7, 11) is 1.54. The number of hydrogen-bond acceptors (Lipinski definition) is 2. The fourth-order valence-corrected chi connectivity index (χ4v) is 1.77. The molecule has 2 aromatic carbocycles. The summed E-state index contributed by atoms with van der Waals surface area (Å²) in [6.07, 6.45) is 0. The molecule has 0 fully saturated rings. The van der Waals surface area contributed by atoms with Crippen LogP contribution >= 0.6 is 0 Å². The van der Waals surface area contributed by atoms with Gasteiger partial charge >= 0.3 is 0 Å². The van der Waals surface area contributed by atoms with Crippen LogP contribution in [0.3, 0.4) is 0 Å². The van der Waals surface area contributed by atoms with E-state index in [2.05, 4.69) is 11.4 Å². The predicted molar refractivity (Wildman–Crippen MR) is 62.6 cm³/mol. The summed E-state index contributed by atoms with van der Waals surface area (Å²) < 4.78 is 0. The number of hydrogen-bond donors (Lipinski definition) is 2. The molecule has 0 bridgehead atoms. The molecule has 0 aromatic heterocycles. The molecule has 2 aromatic rings. The number of nitrogens with one attached hydrogen (secondary N) is 1. The zero-order valence-corrected chi connectivity index (χ0v) is 12.6. The Morgan fingerprint density at radius 1 is 1.47 bits per heavy atom. The summed E-state index contributed by atoms with van der Waals surface area (Å²) in [6.45, 7) is 1.89. The van der Waals surface area contributed by atoms with E-state index in [0.717, 1.165) is 10.9 Å². The standard InChI is InChI=1S/C13H12NO2.Y/c1-8-7-11(13(16)14-2)12(15)10-6-4-3-5-9(8)10;/h3-4,6-7,15H,1-2H3,(H,14,16);/q-1;. The molecule has 0 atom stereocenters. The van der Waals surface area contributed by atoms with Gasteiger partial charge < -0.3 is 10.4 Å². The number of aryl methyl sites for hydroxylation is 1. The molecule has 0 aliphatic heterocycles. The smallest absolute Gasteiger partial charge is 0.253 e. The normalized spacial score (nSPS) is 9.76. The van der Waals surface area contributed by atoms with Crippen LogP contribution in [0.15, 0.2) is 24.3 Å². The molecule has 0 aliphatic carbocycles. The number of rotatable bonds is 1. The third kappa shape index (κ3) is 2.50. The van der Waals surface area contributed by atoms with Crippen molar-refractivity contribution in [3.63, 3.8) is 0 Å². The first-order valence-corrected chi connectivity index (χ1v) is 5.00. The van der Waals surface area contributed by atoms with Gasteiger partial charge in [0.2, 0.25) is 0 Å². The van der Waals surface area contributed by atoms with E-state index >= 15 is 0 Å². The zero-order chi connectivity index (χ0) is 11.7. The van der Waals surface area contributed by atoms with Gasteiger partial charge in [-0.25, -0.2) is 0 Å². The maximum Gasteiger partial charge on any atom is 0.253 e. The van der Waals surface area contributed by atoms with Crippen molar-refractivity contribution in [2.45, 2.75) is 6.92 Å². The van der Waals surface area contributed by atoms with E-state index in [1.807, 2.05) is 6.92 Å². The predicted octanol–water partition coefficient (Wildman–Crippen LogP) is 2.01. The van der Waals surface area contributed by atoms with Crippen molar-refractivity contribution >= 4 is 16.7 Å². The van der Waals surface area contributed by atoms with Gasteiger partial charge in [0.15, 0.2) is 0 Å². The van der Waals surface area contributed by atoms with E-state index in [9.17, 15) is 9.90 Å². The van der Waals surface area contributed by atoms with Crippen molar-refractivity contribution < 1.29 is 42.6 Å². The first-order chi connectivity index (χ1) is 7.65. The summed E-state index contributed by atoms with van der Waals surface area (Å²) in [5.74, 6) is -0.275. The minimum Gasteiger partial charge on any atom is -0.516 e. The SMILES string of the molecule is CNC(=O)c1cc(C)c2[c-]cccc2c1O.[Y]. The van der Waals surface area contributed by atoms with Crippen LogP contribution in [0.25, 0.3) is 10.8 Å². The van der Waals surface area contributed by atoms with Gasteiger partial charge in [0.1, 0.15) is 0 Å². The molecule has 17 heavy (non-hydrogen) atoms. The summed E-state index contributed by atoms with van der Waals surface area (Å²) >= 11 is 0. The Kier molecular flexibility index (Phi) is 4.66. The first-order valence-electron chi connectivity index (χ1n) is 5.00. The molecule has 0 aliphatic rings. The average molecular weight is 303 g/mol. The van der Waals surface area contributed by atoms with Gasteiger partial charge in [-0.1, -0.05) is 18.4 Å². The van der Waals surface area contributed by atoms with Crippen LogP contribution in [0.2, 0.25) is 0 Å². The van der Waals surface area contributed by atoms with E-state index in [1.165, 1.54) is 0 Å². The Hall–Kier alpha value is -0.926. The molecule has 4 heteroatoms. The minimum atomic E-state index is -0.286. The molecule has 0 spiro atoms. The van der Waals surface area contributed by atoms with Gasteiger partial charge in [0.05, 0.1) is 11.3 Å². The molecular formula is C13H12NO2Y-. The topological polar surface area (TPSA) is 49.3 Å². The Morgan fingerprint density at radius 2 is 2.18 bits per heavy atom. The maximum atomic E-state index is 11.5. The van der Waals surface area contributed by atoms with E-state index in [1.54, 1.807) is 31.3 Å². The Balaban J connectivity index is 0.00000144. The van der Waals surface area contributed by atoms with E-state index in [4.69, 9.17) is 0 Å². The molecule has 2 rings (SSSR count). The van der Waals surface area contributed by atoms with Crippen LogP contribution in [0.4, 0.5) is 0 Å². The van der Waals surface area contributed by atoms with Gasteiger partial charge in [0, 0.05) is 39.8 Å². The summed E-state index contributed by atoms with van der Waals surface area (Å²) in [4.78, 5) is 11.5. The zero-order valence-electron chi connectivity index (χ0n) is 9.74. The van der Waals surface area contributed by atoms with Crippen LogP contribution in [0.5, 0.6) is 5.75 Å². The van der Waals surface area contributed by atoms with Crippen molar-refractivity contribution in [2.24, 2.45) is 0 Å². The monoisotopic (exact) mass is 303 g/mol. The van der Waals surface area contributed by atoms with Crippen molar-refractivity contribution in [3.8, 4) is 5.75 Å². The second-order valence-corrected chi connectivity index (χ2v) is 3.63. The van der Waals surface area contributed by atoms with Crippen LogP contribution in [-0.4, -0.2) is 18.1 Å². The number of carbonyl (C=O) groups is 1. The van der Waals surface area contributed by atoms with Crippen LogP contribution in [0, 0.1) is 13.0 Å². The molecule has 0 saturated heterocycles. The average Bonchev–Trinajstić information content (AvgIpc) is 2.33. The summed E-state index contributed by atoms with van der Waals surface area (Å²) in [6, 6.07) is 10.1. The van der Waals surface area contributed by atoms with Crippen LogP contribution < -0.4 is 5.32 Å². The quantitative estimate of drug-likeness (QED) is 0.792. The van der Waals surface area contributed by atoms with Crippen molar-refractivity contribution in [3.05, 3.63) is 41.5 Å². The first kappa shape index (κ1) is 14.1. The second kappa shape index (κ2) is 5.61. The molecule has 3 nitrogen and oxygen atoms in total. The van der Waals surface area contributed by atoms with Crippen molar-refractivity contribution in [1.29, 1.82) is 0 Å². The molecule has 2 N–H and O–H groups in total. The van der Waals surface area contributed by atoms with E-state index in [0.29, 0.717) is 10.9 Å². The molecule has 1 radical (unpaired) electrons. The fraction of sp³-hybridized carbons (Fsp3) is 0.154. The van der Waals surface area contributed by atoms with Gasteiger partial charge in [-0.05, 0) is 0 Å². The minimum absolute atomic E-state index is 0. The summed E-state index contributed by atoms with van der Waals surface area (Å²) in [5, 5.41) is 14.0.